The number of benzene rings is 1. The molecule has 2 rings (SSSR count). The van der Waals surface area contributed by atoms with Crippen molar-refractivity contribution in [3.63, 3.8) is 0 Å². The second-order valence-corrected chi connectivity index (χ2v) is 5.44. The van der Waals surface area contributed by atoms with Crippen LogP contribution in [0.2, 0.25) is 0 Å². The van der Waals surface area contributed by atoms with Gasteiger partial charge >= 0.3 is 0 Å². The number of piperidine rings is 1. The van der Waals surface area contributed by atoms with Gasteiger partial charge in [-0.05, 0) is 5.56 Å². The summed E-state index contributed by atoms with van der Waals surface area (Å²) in [5.74, 6) is 0.129. The second kappa shape index (κ2) is 4.49. The number of hydrogen-bond donors (Lipinski definition) is 1. The molecule has 0 saturated carbocycles. The van der Waals surface area contributed by atoms with Crippen LogP contribution >= 0.6 is 0 Å². The number of aliphatic hydroxyl groups excluding tert-OH is 1. The van der Waals surface area contributed by atoms with Gasteiger partial charge in [-0.25, -0.2) is 0 Å². The topological polar surface area (TPSA) is 40.5 Å². The summed E-state index contributed by atoms with van der Waals surface area (Å²) in [6.45, 7) is 4.90. The highest BCUT2D eigenvalue weighted by molar-refractivity contribution is 5.78. The van der Waals surface area contributed by atoms with Crippen LogP contribution < -0.4 is 0 Å². The molecule has 0 radical (unpaired) electrons. The lowest BCUT2D eigenvalue weighted by Crippen LogP contribution is -2.50. The van der Waals surface area contributed by atoms with E-state index in [0.717, 1.165) is 5.56 Å². The lowest BCUT2D eigenvalue weighted by Gasteiger charge is -2.40. The summed E-state index contributed by atoms with van der Waals surface area (Å²) >= 11 is 0. The minimum absolute atomic E-state index is 0.129. The normalized spacial score (nSPS) is 23.8. The monoisotopic (exact) mass is 233 g/mol. The van der Waals surface area contributed by atoms with E-state index in [1.54, 1.807) is 4.90 Å². The molecule has 1 atom stereocenters. The van der Waals surface area contributed by atoms with E-state index in [-0.39, 0.29) is 11.3 Å². The molecule has 1 aliphatic rings. The SMILES string of the molecule is CC1(C)CC(=O)N(Cc2ccccc2)CC1O. The molecule has 1 unspecified atom stereocenters. The first-order chi connectivity index (χ1) is 7.99. The molecule has 1 N–H and O–H groups in total. The maximum Gasteiger partial charge on any atom is 0.223 e. The first-order valence-electron chi connectivity index (χ1n) is 5.99. The third-order valence-electron chi connectivity index (χ3n) is 3.47. The van der Waals surface area contributed by atoms with Gasteiger partial charge in [-0.15, -0.1) is 0 Å². The van der Waals surface area contributed by atoms with Gasteiger partial charge in [-0.1, -0.05) is 44.2 Å². The quantitative estimate of drug-likeness (QED) is 0.846. The highest BCUT2D eigenvalue weighted by atomic mass is 16.3. The van der Waals surface area contributed by atoms with E-state index < -0.39 is 6.10 Å². The Hall–Kier alpha value is -1.35. The molecule has 1 aromatic carbocycles. The molecule has 17 heavy (non-hydrogen) atoms. The predicted octanol–water partition coefficient (Wildman–Crippen LogP) is 1.81. The summed E-state index contributed by atoms with van der Waals surface area (Å²) in [4.78, 5) is 13.7. The number of carbonyl (C=O) groups excluding carboxylic acids is 1. The zero-order valence-electron chi connectivity index (χ0n) is 10.4. The summed E-state index contributed by atoms with van der Waals surface area (Å²) in [5.41, 5.74) is 0.803. The highest BCUT2D eigenvalue weighted by Crippen LogP contribution is 2.31. The van der Waals surface area contributed by atoms with Crippen molar-refractivity contribution in [2.45, 2.75) is 32.9 Å². The van der Waals surface area contributed by atoms with Crippen LogP contribution in [0.1, 0.15) is 25.8 Å². The van der Waals surface area contributed by atoms with E-state index in [4.69, 9.17) is 0 Å². The van der Waals surface area contributed by atoms with E-state index in [1.165, 1.54) is 0 Å². The minimum Gasteiger partial charge on any atom is -0.391 e. The standard InChI is InChI=1S/C14H19NO2/c1-14(2)8-13(17)15(10-12(14)16)9-11-6-4-3-5-7-11/h3-7,12,16H,8-10H2,1-2H3. The number of carbonyl (C=O) groups is 1. The van der Waals surface area contributed by atoms with Crippen LogP contribution in [0.3, 0.4) is 0 Å². The fraction of sp³-hybridized carbons (Fsp3) is 0.500. The second-order valence-electron chi connectivity index (χ2n) is 5.44. The first kappa shape index (κ1) is 12.1. The number of rotatable bonds is 2. The molecule has 1 heterocycles. The Labute approximate surface area is 102 Å². The minimum atomic E-state index is -0.441. The molecule has 1 fully saturated rings. The van der Waals surface area contributed by atoms with E-state index in [2.05, 4.69) is 0 Å². The molecular weight excluding hydrogens is 214 g/mol. The zero-order chi connectivity index (χ0) is 12.5. The Bertz CT molecular complexity index is 400. The van der Waals surface area contributed by atoms with Gasteiger partial charge in [0.2, 0.25) is 5.91 Å². The highest BCUT2D eigenvalue weighted by Gasteiger charge is 2.38. The Kier molecular flexibility index (Phi) is 3.20. The summed E-state index contributed by atoms with van der Waals surface area (Å²) < 4.78 is 0. The number of likely N-dealkylation sites (tertiary alicyclic amines) is 1. The average Bonchev–Trinajstić information content (AvgIpc) is 2.27. The van der Waals surface area contributed by atoms with Crippen LogP contribution in [0.25, 0.3) is 0 Å². The molecule has 1 aliphatic heterocycles. The number of β-amino-alcohol motifs (C(OH)–C–C–N with tert-alkyl or cyclic N) is 1. The first-order valence-corrected chi connectivity index (χ1v) is 5.99. The maximum absolute atomic E-state index is 12.0. The molecule has 1 aromatic rings. The lowest BCUT2D eigenvalue weighted by molar-refractivity contribution is -0.145. The summed E-state index contributed by atoms with van der Waals surface area (Å²) in [7, 11) is 0. The molecular formula is C14H19NO2. The molecule has 0 spiro atoms. The van der Waals surface area contributed by atoms with Gasteiger partial charge in [0.1, 0.15) is 0 Å². The summed E-state index contributed by atoms with van der Waals surface area (Å²) in [5, 5.41) is 10.0. The largest absolute Gasteiger partial charge is 0.391 e. The smallest absolute Gasteiger partial charge is 0.223 e. The van der Waals surface area contributed by atoms with Gasteiger partial charge < -0.3 is 10.0 Å². The molecule has 3 heteroatoms. The zero-order valence-corrected chi connectivity index (χ0v) is 10.4. The predicted molar refractivity (Wildman–Crippen MR) is 66.3 cm³/mol. The lowest BCUT2D eigenvalue weighted by atomic mass is 9.79. The molecule has 3 nitrogen and oxygen atoms in total. The fourth-order valence-corrected chi connectivity index (χ4v) is 2.13. The van der Waals surface area contributed by atoms with Crippen molar-refractivity contribution >= 4 is 5.91 Å². The molecule has 1 amide bonds. The van der Waals surface area contributed by atoms with E-state index in [9.17, 15) is 9.90 Å². The van der Waals surface area contributed by atoms with Gasteiger partial charge in [0.25, 0.3) is 0 Å². The van der Waals surface area contributed by atoms with Crippen molar-refractivity contribution in [3.8, 4) is 0 Å². The summed E-state index contributed by atoms with van der Waals surface area (Å²) in [6.07, 6.45) is -0.0232. The molecule has 1 saturated heterocycles. The van der Waals surface area contributed by atoms with Crippen LogP contribution in [-0.4, -0.2) is 28.6 Å². The van der Waals surface area contributed by atoms with Crippen molar-refractivity contribution in [1.82, 2.24) is 4.90 Å². The molecule has 0 bridgehead atoms. The van der Waals surface area contributed by atoms with E-state index in [0.29, 0.717) is 19.5 Å². The molecule has 0 aliphatic carbocycles. The van der Waals surface area contributed by atoms with Gasteiger partial charge in [-0.3, -0.25) is 4.79 Å². The fourth-order valence-electron chi connectivity index (χ4n) is 2.13. The van der Waals surface area contributed by atoms with Crippen LogP contribution in [0.4, 0.5) is 0 Å². The van der Waals surface area contributed by atoms with Gasteiger partial charge in [0.15, 0.2) is 0 Å². The number of amides is 1. The summed E-state index contributed by atoms with van der Waals surface area (Å²) in [6, 6.07) is 9.88. The Morgan fingerprint density at radius 3 is 2.65 bits per heavy atom. The van der Waals surface area contributed by atoms with E-state index in [1.807, 2.05) is 44.2 Å². The van der Waals surface area contributed by atoms with Crippen molar-refractivity contribution in [3.05, 3.63) is 35.9 Å². The number of nitrogens with zero attached hydrogens (tertiary/aromatic N) is 1. The van der Waals surface area contributed by atoms with Crippen molar-refractivity contribution in [2.24, 2.45) is 5.41 Å². The number of aliphatic hydroxyl groups is 1. The maximum atomic E-state index is 12.0. The third kappa shape index (κ3) is 2.67. The third-order valence-corrected chi connectivity index (χ3v) is 3.47. The van der Waals surface area contributed by atoms with Crippen molar-refractivity contribution in [1.29, 1.82) is 0 Å². The molecule has 92 valence electrons. The van der Waals surface area contributed by atoms with Gasteiger partial charge in [-0.2, -0.15) is 0 Å². The van der Waals surface area contributed by atoms with Gasteiger partial charge in [0, 0.05) is 24.9 Å². The van der Waals surface area contributed by atoms with Crippen molar-refractivity contribution < 1.29 is 9.90 Å². The Morgan fingerprint density at radius 1 is 1.35 bits per heavy atom. The Balaban J connectivity index is 2.06. The van der Waals surface area contributed by atoms with E-state index >= 15 is 0 Å². The van der Waals surface area contributed by atoms with Crippen molar-refractivity contribution in [2.75, 3.05) is 6.54 Å². The average molecular weight is 233 g/mol. The molecule has 0 aromatic heterocycles. The van der Waals surface area contributed by atoms with Crippen LogP contribution in [0, 0.1) is 5.41 Å². The van der Waals surface area contributed by atoms with Crippen LogP contribution in [0.15, 0.2) is 30.3 Å². The number of hydrogen-bond acceptors (Lipinski definition) is 2. The van der Waals surface area contributed by atoms with Gasteiger partial charge in [0.05, 0.1) is 6.10 Å². The Morgan fingerprint density at radius 2 is 2.00 bits per heavy atom. The van der Waals surface area contributed by atoms with Crippen LogP contribution in [0.5, 0.6) is 0 Å². The van der Waals surface area contributed by atoms with Crippen LogP contribution in [-0.2, 0) is 11.3 Å².